The molecule has 0 saturated carbocycles. The Morgan fingerprint density at radius 3 is 1.30 bits per heavy atom. The zero-order valence-corrected chi connectivity index (χ0v) is 22.9. The van der Waals surface area contributed by atoms with E-state index in [1.54, 1.807) is 0 Å². The van der Waals surface area contributed by atoms with Crippen molar-refractivity contribution in [2.45, 2.75) is 0 Å². The summed E-state index contributed by atoms with van der Waals surface area (Å²) in [5.74, 6) is 3.59. The van der Waals surface area contributed by atoms with Gasteiger partial charge in [-0.05, 0) is 70.8 Å². The summed E-state index contributed by atoms with van der Waals surface area (Å²) >= 11 is 0. The largest absolute Gasteiger partial charge is 0.456 e. The van der Waals surface area contributed by atoms with Crippen LogP contribution < -0.4 is 19.3 Å². The van der Waals surface area contributed by atoms with Gasteiger partial charge in [-0.25, -0.2) is 0 Å². The van der Waals surface area contributed by atoms with Gasteiger partial charge in [0.15, 0.2) is 0 Å². The molecular formula is C36H28N2O2. The molecule has 2 aliphatic rings. The van der Waals surface area contributed by atoms with Crippen LogP contribution in [0.15, 0.2) is 97.1 Å². The van der Waals surface area contributed by atoms with Crippen LogP contribution in [0, 0.1) is 0 Å². The van der Waals surface area contributed by atoms with Gasteiger partial charge in [0.25, 0.3) is 0 Å². The summed E-state index contributed by atoms with van der Waals surface area (Å²) < 4.78 is 12.9. The number of nitrogens with zero attached hydrogens (tertiary/aromatic N) is 2. The van der Waals surface area contributed by atoms with E-state index in [9.17, 15) is 0 Å². The molecule has 0 N–H and O–H groups in total. The van der Waals surface area contributed by atoms with Gasteiger partial charge in [0.05, 0.1) is 0 Å². The average Bonchev–Trinajstić information content (AvgIpc) is 2.97. The summed E-state index contributed by atoms with van der Waals surface area (Å²) in [6, 6.07) is 34.5. The van der Waals surface area contributed by atoms with E-state index in [1.165, 1.54) is 33.3 Å². The summed E-state index contributed by atoms with van der Waals surface area (Å²) in [7, 11) is 8.33. The highest BCUT2D eigenvalue weighted by Crippen LogP contribution is 2.51. The van der Waals surface area contributed by atoms with Crippen molar-refractivity contribution >= 4 is 32.9 Å². The molecular weight excluding hydrogens is 492 g/mol. The predicted molar refractivity (Wildman–Crippen MR) is 167 cm³/mol. The van der Waals surface area contributed by atoms with Crippen molar-refractivity contribution in [2.24, 2.45) is 0 Å². The van der Waals surface area contributed by atoms with Gasteiger partial charge in [0.2, 0.25) is 0 Å². The molecule has 0 bridgehead atoms. The molecule has 0 saturated heterocycles. The van der Waals surface area contributed by atoms with E-state index in [2.05, 4.69) is 135 Å². The van der Waals surface area contributed by atoms with Gasteiger partial charge in [0, 0.05) is 72.2 Å². The fourth-order valence-electron chi connectivity index (χ4n) is 6.37. The molecule has 40 heavy (non-hydrogen) atoms. The van der Waals surface area contributed by atoms with Crippen molar-refractivity contribution in [3.05, 3.63) is 97.1 Å². The summed E-state index contributed by atoms with van der Waals surface area (Å²) in [5, 5.41) is 4.73. The van der Waals surface area contributed by atoms with Crippen LogP contribution in [0.1, 0.15) is 0 Å². The van der Waals surface area contributed by atoms with Crippen LogP contribution in [0.25, 0.3) is 54.9 Å². The molecule has 8 rings (SSSR count). The van der Waals surface area contributed by atoms with Gasteiger partial charge in [0.1, 0.15) is 23.0 Å². The first-order chi connectivity index (χ1) is 19.5. The second-order valence-electron chi connectivity index (χ2n) is 11.0. The van der Waals surface area contributed by atoms with E-state index in [0.29, 0.717) is 0 Å². The minimum absolute atomic E-state index is 0.887. The highest BCUT2D eigenvalue weighted by molar-refractivity contribution is 6.11. The Balaban J connectivity index is 1.29. The van der Waals surface area contributed by atoms with E-state index in [0.717, 1.165) is 56.0 Å². The molecule has 194 valence electrons. The Kier molecular flexibility index (Phi) is 4.75. The molecule has 0 fully saturated rings. The first-order valence-corrected chi connectivity index (χ1v) is 13.6. The van der Waals surface area contributed by atoms with Crippen LogP contribution in [-0.4, -0.2) is 28.2 Å². The molecule has 6 aromatic rings. The maximum atomic E-state index is 6.43. The van der Waals surface area contributed by atoms with E-state index in [-0.39, 0.29) is 0 Å². The SMILES string of the molecule is CN(C)c1ccc2c3c(cccc13)Oc1ccc(-c3ccc4c(c3)-c3ccc(N(C)C)c5cccc(c35)O4)cc1-2. The first-order valence-electron chi connectivity index (χ1n) is 13.6. The highest BCUT2D eigenvalue weighted by atomic mass is 16.5. The third-order valence-electron chi connectivity index (χ3n) is 8.24. The Morgan fingerprint density at radius 2 is 0.875 bits per heavy atom. The predicted octanol–water partition coefficient (Wildman–Crippen LogP) is 9.34. The zero-order valence-electron chi connectivity index (χ0n) is 22.9. The summed E-state index contributed by atoms with van der Waals surface area (Å²) in [6.07, 6.45) is 0. The van der Waals surface area contributed by atoms with E-state index >= 15 is 0 Å². The molecule has 0 amide bonds. The van der Waals surface area contributed by atoms with Crippen molar-refractivity contribution in [2.75, 3.05) is 38.0 Å². The molecule has 0 aliphatic carbocycles. The number of fused-ring (bicyclic) bond motifs is 4. The second-order valence-corrected chi connectivity index (χ2v) is 11.0. The summed E-state index contributed by atoms with van der Waals surface area (Å²) in [5.41, 5.74) is 9.30. The highest BCUT2D eigenvalue weighted by Gasteiger charge is 2.24. The second kappa shape index (κ2) is 8.27. The maximum Gasteiger partial charge on any atom is 0.135 e. The average molecular weight is 521 g/mol. The van der Waals surface area contributed by atoms with Crippen LogP contribution in [0.4, 0.5) is 11.4 Å². The molecule has 0 aromatic heterocycles. The molecule has 0 spiro atoms. The maximum absolute atomic E-state index is 6.43. The number of benzene rings is 6. The smallest absolute Gasteiger partial charge is 0.135 e. The molecule has 6 aromatic carbocycles. The molecule has 2 aliphatic heterocycles. The van der Waals surface area contributed by atoms with Crippen LogP contribution >= 0.6 is 0 Å². The number of ether oxygens (including phenoxy) is 2. The summed E-state index contributed by atoms with van der Waals surface area (Å²) in [6.45, 7) is 0. The van der Waals surface area contributed by atoms with Crippen molar-refractivity contribution in [1.29, 1.82) is 0 Å². The molecule has 0 radical (unpaired) electrons. The number of hydrogen-bond acceptors (Lipinski definition) is 4. The Morgan fingerprint density at radius 1 is 0.425 bits per heavy atom. The van der Waals surface area contributed by atoms with Crippen molar-refractivity contribution < 1.29 is 9.47 Å². The van der Waals surface area contributed by atoms with Crippen LogP contribution in [0.2, 0.25) is 0 Å². The molecule has 4 nitrogen and oxygen atoms in total. The minimum Gasteiger partial charge on any atom is -0.456 e. The zero-order chi connectivity index (χ0) is 27.1. The molecule has 2 heterocycles. The fraction of sp³-hybridized carbons (Fsp3) is 0.111. The van der Waals surface area contributed by atoms with Gasteiger partial charge in [-0.2, -0.15) is 0 Å². The Hall–Kier alpha value is -4.96. The van der Waals surface area contributed by atoms with Crippen LogP contribution in [-0.2, 0) is 0 Å². The van der Waals surface area contributed by atoms with Crippen LogP contribution in [0.5, 0.6) is 23.0 Å². The van der Waals surface area contributed by atoms with Crippen LogP contribution in [0.3, 0.4) is 0 Å². The lowest BCUT2D eigenvalue weighted by Crippen LogP contribution is -2.10. The van der Waals surface area contributed by atoms with Gasteiger partial charge < -0.3 is 19.3 Å². The van der Waals surface area contributed by atoms with Crippen molar-refractivity contribution in [3.8, 4) is 56.4 Å². The molecule has 0 atom stereocenters. The molecule has 0 unspecified atom stereocenters. The topological polar surface area (TPSA) is 24.9 Å². The molecule has 4 heteroatoms. The van der Waals surface area contributed by atoms with Gasteiger partial charge in [-0.15, -0.1) is 0 Å². The van der Waals surface area contributed by atoms with E-state index in [1.807, 2.05) is 0 Å². The van der Waals surface area contributed by atoms with Gasteiger partial charge >= 0.3 is 0 Å². The third-order valence-corrected chi connectivity index (χ3v) is 8.24. The van der Waals surface area contributed by atoms with Crippen molar-refractivity contribution in [3.63, 3.8) is 0 Å². The van der Waals surface area contributed by atoms with E-state index in [4.69, 9.17) is 9.47 Å². The fourth-order valence-corrected chi connectivity index (χ4v) is 6.37. The monoisotopic (exact) mass is 520 g/mol. The number of hydrogen-bond donors (Lipinski definition) is 0. The lowest BCUT2D eigenvalue weighted by molar-refractivity contribution is 0.486. The summed E-state index contributed by atoms with van der Waals surface area (Å²) in [4.78, 5) is 4.31. The number of anilines is 2. The normalized spacial score (nSPS) is 12.4. The lowest BCUT2D eigenvalue weighted by atomic mass is 9.89. The first kappa shape index (κ1) is 23.0. The van der Waals surface area contributed by atoms with Crippen molar-refractivity contribution in [1.82, 2.24) is 0 Å². The third kappa shape index (κ3) is 3.19. The quantitative estimate of drug-likeness (QED) is 0.232. The van der Waals surface area contributed by atoms with Gasteiger partial charge in [-0.3, -0.25) is 0 Å². The number of rotatable bonds is 3. The standard InChI is InChI=1S/C36H28N2O2/c1-37(2)29-15-13-23-27-19-21(11-17-31(27)39-33-9-5-7-25(29)35(23)33)22-12-18-32-28(20-22)24-14-16-30(38(3)4)26-8-6-10-34(40-32)36(24)26/h5-20H,1-4H3. The Labute approximate surface area is 233 Å². The minimum atomic E-state index is 0.887. The van der Waals surface area contributed by atoms with E-state index < -0.39 is 0 Å². The van der Waals surface area contributed by atoms with Gasteiger partial charge in [-0.1, -0.05) is 48.5 Å². The lowest BCUT2D eigenvalue weighted by Gasteiger charge is -2.25. The Bertz CT molecular complexity index is 1880.